The van der Waals surface area contributed by atoms with E-state index in [9.17, 15) is 21.6 Å². The van der Waals surface area contributed by atoms with Gasteiger partial charge in [-0.1, -0.05) is 36.4 Å². The fourth-order valence-electron chi connectivity index (χ4n) is 4.40. The Hall–Kier alpha value is -3.29. The summed E-state index contributed by atoms with van der Waals surface area (Å²) in [5, 5.41) is 2.73. The zero-order valence-electron chi connectivity index (χ0n) is 22.7. The van der Waals surface area contributed by atoms with Crippen molar-refractivity contribution >= 4 is 31.6 Å². The molecule has 1 amide bonds. The van der Waals surface area contributed by atoms with Crippen molar-refractivity contribution in [2.24, 2.45) is 0 Å². The average Bonchev–Trinajstić information content (AvgIpc) is 2.93. The van der Waals surface area contributed by atoms with Gasteiger partial charge in [0.2, 0.25) is 26.0 Å². The number of methoxy groups -OCH3 is 1. The Morgan fingerprint density at radius 1 is 0.925 bits per heavy atom. The number of benzene rings is 3. The first-order valence-corrected chi connectivity index (χ1v) is 15.7. The van der Waals surface area contributed by atoms with E-state index in [1.807, 2.05) is 25.2 Å². The number of nitrogens with zero attached hydrogens (tertiary/aromatic N) is 2. The second-order valence-electron chi connectivity index (χ2n) is 9.74. The number of sulfonamides is 2. The first-order valence-electron chi connectivity index (χ1n) is 12.8. The second kappa shape index (κ2) is 12.5. The molecule has 3 aromatic rings. The summed E-state index contributed by atoms with van der Waals surface area (Å²) in [7, 11) is -4.48. The van der Waals surface area contributed by atoms with Gasteiger partial charge in [-0.25, -0.2) is 16.8 Å². The Morgan fingerprint density at radius 3 is 2.20 bits per heavy atom. The Labute approximate surface area is 236 Å². The number of anilines is 1. The van der Waals surface area contributed by atoms with Crippen molar-refractivity contribution in [1.29, 1.82) is 0 Å². The fourth-order valence-corrected chi connectivity index (χ4v) is 7.27. The highest BCUT2D eigenvalue weighted by Crippen LogP contribution is 2.25. The normalized spacial score (nSPS) is 15.9. The maximum atomic E-state index is 13.4. The number of hydrogen-bond donors (Lipinski definition) is 2. The van der Waals surface area contributed by atoms with Crippen LogP contribution in [0.2, 0.25) is 0 Å². The van der Waals surface area contributed by atoms with Crippen LogP contribution in [0.3, 0.4) is 0 Å². The first kappa shape index (κ1) is 29.7. The molecule has 0 saturated carbocycles. The third-order valence-electron chi connectivity index (χ3n) is 6.73. The number of piperazine rings is 1. The summed E-state index contributed by atoms with van der Waals surface area (Å²) < 4.78 is 62.1. The van der Waals surface area contributed by atoms with Crippen molar-refractivity contribution in [3.63, 3.8) is 0 Å². The molecule has 40 heavy (non-hydrogen) atoms. The molecule has 1 aliphatic rings. The van der Waals surface area contributed by atoms with Gasteiger partial charge in [0, 0.05) is 31.9 Å². The van der Waals surface area contributed by atoms with E-state index >= 15 is 0 Å². The number of likely N-dealkylation sites (N-methyl/N-ethyl adjacent to an activating group) is 1. The first-order chi connectivity index (χ1) is 19.0. The average molecular weight is 587 g/mol. The van der Waals surface area contributed by atoms with Crippen LogP contribution in [0.5, 0.6) is 5.75 Å². The quantitative estimate of drug-likeness (QED) is 0.374. The highest BCUT2D eigenvalue weighted by atomic mass is 32.2. The Bertz CT molecular complexity index is 1540. The Kier molecular flexibility index (Phi) is 9.26. The molecule has 2 N–H and O–H groups in total. The number of carbonyl (C=O) groups excluding carboxylic acids is 1. The monoisotopic (exact) mass is 586 g/mol. The largest absolute Gasteiger partial charge is 0.495 e. The van der Waals surface area contributed by atoms with Gasteiger partial charge < -0.3 is 15.0 Å². The van der Waals surface area contributed by atoms with Crippen LogP contribution in [0.1, 0.15) is 11.1 Å². The molecule has 0 bridgehead atoms. The van der Waals surface area contributed by atoms with Crippen molar-refractivity contribution in [1.82, 2.24) is 13.9 Å². The molecule has 1 atom stereocenters. The lowest BCUT2D eigenvalue weighted by Gasteiger charge is -2.31. The number of ether oxygens (including phenoxy) is 1. The smallest absolute Gasteiger partial charge is 0.245 e. The van der Waals surface area contributed by atoms with Crippen molar-refractivity contribution in [2.75, 3.05) is 45.7 Å². The van der Waals surface area contributed by atoms with E-state index in [4.69, 9.17) is 4.74 Å². The minimum absolute atomic E-state index is 0.0701. The van der Waals surface area contributed by atoms with Crippen LogP contribution in [0.25, 0.3) is 0 Å². The molecular weight excluding hydrogens is 552 g/mol. The van der Waals surface area contributed by atoms with E-state index in [0.29, 0.717) is 31.9 Å². The maximum absolute atomic E-state index is 13.4. The van der Waals surface area contributed by atoms with Crippen LogP contribution in [-0.4, -0.2) is 78.3 Å². The van der Waals surface area contributed by atoms with Crippen LogP contribution in [-0.2, 0) is 31.3 Å². The minimum atomic E-state index is -4.15. The Morgan fingerprint density at radius 2 is 1.57 bits per heavy atom. The summed E-state index contributed by atoms with van der Waals surface area (Å²) in [5.74, 6) is -0.428. The molecule has 214 valence electrons. The molecule has 0 aromatic heterocycles. The molecule has 4 rings (SSSR count). The molecular formula is C28H34N4O6S2. The number of carbonyl (C=O) groups is 1. The fraction of sp³-hybridized carbons (Fsp3) is 0.321. The van der Waals surface area contributed by atoms with Crippen molar-refractivity contribution in [3.8, 4) is 5.75 Å². The van der Waals surface area contributed by atoms with Gasteiger partial charge in [0.25, 0.3) is 0 Å². The summed E-state index contributed by atoms with van der Waals surface area (Å²) in [6.07, 6.45) is 0.0932. The Balaban J connectivity index is 1.55. The van der Waals surface area contributed by atoms with E-state index in [0.717, 1.165) is 11.1 Å². The van der Waals surface area contributed by atoms with Crippen LogP contribution in [0.4, 0.5) is 5.69 Å². The van der Waals surface area contributed by atoms with Gasteiger partial charge in [-0.2, -0.15) is 9.03 Å². The molecule has 1 aliphatic heterocycles. The van der Waals surface area contributed by atoms with E-state index in [-0.39, 0.29) is 22.0 Å². The predicted octanol–water partition coefficient (Wildman–Crippen LogP) is 2.47. The summed E-state index contributed by atoms with van der Waals surface area (Å²) in [5.41, 5.74) is 1.82. The lowest BCUT2D eigenvalue weighted by Crippen LogP contribution is -2.47. The molecule has 3 aromatic carbocycles. The third kappa shape index (κ3) is 7.07. The number of amides is 1. The van der Waals surface area contributed by atoms with Gasteiger partial charge >= 0.3 is 0 Å². The molecule has 0 unspecified atom stereocenters. The maximum Gasteiger partial charge on any atom is 0.245 e. The highest BCUT2D eigenvalue weighted by Gasteiger charge is 2.30. The predicted molar refractivity (Wildman–Crippen MR) is 153 cm³/mol. The summed E-state index contributed by atoms with van der Waals surface area (Å²) in [6.45, 7) is 3.88. The highest BCUT2D eigenvalue weighted by molar-refractivity contribution is 7.89. The lowest BCUT2D eigenvalue weighted by atomic mass is 10.1. The van der Waals surface area contributed by atoms with Gasteiger partial charge in [-0.3, -0.25) is 4.79 Å². The van der Waals surface area contributed by atoms with E-state index < -0.39 is 32.0 Å². The number of aryl methyl sites for hydroxylation is 1. The SMILES string of the molecule is COc1ccc(C)cc1S(=O)(=O)N[C@H](Cc1ccccc1)C(=O)Nc1ccc(S(=O)(=O)N2CCN(C)CC2)cc1. The number of nitrogens with one attached hydrogen (secondary N) is 2. The van der Waals surface area contributed by atoms with Gasteiger partial charge in [0.05, 0.1) is 12.0 Å². The van der Waals surface area contributed by atoms with Crippen LogP contribution < -0.4 is 14.8 Å². The van der Waals surface area contributed by atoms with Crippen molar-refractivity contribution in [2.45, 2.75) is 29.2 Å². The van der Waals surface area contributed by atoms with Crippen LogP contribution in [0, 0.1) is 6.92 Å². The minimum Gasteiger partial charge on any atom is -0.495 e. The third-order valence-corrected chi connectivity index (χ3v) is 10.1. The van der Waals surface area contributed by atoms with Crippen molar-refractivity contribution < 1.29 is 26.4 Å². The molecule has 10 nitrogen and oxygen atoms in total. The van der Waals surface area contributed by atoms with Crippen molar-refractivity contribution in [3.05, 3.63) is 83.9 Å². The zero-order chi connectivity index (χ0) is 28.9. The van der Waals surface area contributed by atoms with Gasteiger partial charge in [-0.15, -0.1) is 0 Å². The topological polar surface area (TPSA) is 125 Å². The molecule has 1 saturated heterocycles. The molecule has 1 fully saturated rings. The van der Waals surface area contributed by atoms with E-state index in [1.54, 1.807) is 31.2 Å². The van der Waals surface area contributed by atoms with Gasteiger partial charge in [0.1, 0.15) is 16.7 Å². The lowest BCUT2D eigenvalue weighted by molar-refractivity contribution is -0.117. The molecule has 0 spiro atoms. The molecule has 0 aliphatic carbocycles. The number of rotatable bonds is 10. The molecule has 0 radical (unpaired) electrons. The zero-order valence-corrected chi connectivity index (χ0v) is 24.3. The summed E-state index contributed by atoms with van der Waals surface area (Å²) in [4.78, 5) is 15.5. The summed E-state index contributed by atoms with van der Waals surface area (Å²) >= 11 is 0. The molecule has 1 heterocycles. The van der Waals surface area contributed by atoms with Crippen LogP contribution >= 0.6 is 0 Å². The molecule has 12 heteroatoms. The van der Waals surface area contributed by atoms with Gasteiger partial charge in [0.15, 0.2) is 0 Å². The second-order valence-corrected chi connectivity index (χ2v) is 13.4. The summed E-state index contributed by atoms with van der Waals surface area (Å²) in [6, 6.07) is 18.6. The standard InChI is InChI=1S/C28H34N4O6S2/c1-21-9-14-26(38-3)27(19-21)39(34,35)30-25(20-22-7-5-4-6-8-22)28(33)29-23-10-12-24(13-11-23)40(36,37)32-17-15-31(2)16-18-32/h4-14,19,25,30H,15-18,20H2,1-3H3,(H,29,33)/t25-/m1/s1. The van der Waals surface area contributed by atoms with Gasteiger partial charge in [-0.05, 0) is 67.9 Å². The number of hydrogen-bond acceptors (Lipinski definition) is 7. The van der Waals surface area contributed by atoms with E-state index in [1.165, 1.54) is 41.7 Å². The van der Waals surface area contributed by atoms with Crippen LogP contribution in [0.15, 0.2) is 82.6 Å². The van der Waals surface area contributed by atoms with E-state index in [2.05, 4.69) is 14.9 Å².